The van der Waals surface area contributed by atoms with Gasteiger partial charge in [0, 0.05) is 6.92 Å². The summed E-state index contributed by atoms with van der Waals surface area (Å²) in [5.41, 5.74) is 2.07. The number of hydrogen-bond donors (Lipinski definition) is 2. The van der Waals surface area contributed by atoms with E-state index in [0.717, 1.165) is 0 Å². The quantitative estimate of drug-likeness (QED) is 0.708. The summed E-state index contributed by atoms with van der Waals surface area (Å²) in [6.45, 7) is 3.57. The van der Waals surface area contributed by atoms with Gasteiger partial charge < -0.3 is 19.5 Å². The van der Waals surface area contributed by atoms with Crippen molar-refractivity contribution in [3.63, 3.8) is 0 Å². The Labute approximate surface area is 137 Å². The average molecular weight is 328 g/mol. The zero-order chi connectivity index (χ0) is 17.3. The van der Waals surface area contributed by atoms with Crippen molar-refractivity contribution >= 4 is 22.9 Å². The second-order valence-electron chi connectivity index (χ2n) is 5.23. The first kappa shape index (κ1) is 15.7. The van der Waals surface area contributed by atoms with Gasteiger partial charge in [0.1, 0.15) is 11.6 Å². The number of amides is 1. The van der Waals surface area contributed by atoms with Crippen LogP contribution < -0.4 is 5.32 Å². The minimum atomic E-state index is -0.418. The summed E-state index contributed by atoms with van der Waals surface area (Å²) in [5.74, 6) is 0.727. The van der Waals surface area contributed by atoms with Crippen LogP contribution in [0.1, 0.15) is 38.3 Å². The molecule has 2 aromatic heterocycles. The summed E-state index contributed by atoms with van der Waals surface area (Å²) in [7, 11) is 1.33. The summed E-state index contributed by atoms with van der Waals surface area (Å²) in [6.07, 6.45) is 0. The molecule has 3 aromatic rings. The first-order valence-corrected chi connectivity index (χ1v) is 7.27. The molecule has 2 N–H and O–H groups in total. The van der Waals surface area contributed by atoms with Crippen molar-refractivity contribution in [2.45, 2.75) is 20.4 Å². The van der Waals surface area contributed by atoms with Gasteiger partial charge >= 0.3 is 5.97 Å². The minimum Gasteiger partial charge on any atom is -0.465 e. The van der Waals surface area contributed by atoms with E-state index in [2.05, 4.69) is 25.0 Å². The standard InChI is InChI=1S/C16H16N4O4/c1-8-14(18-9(2)24-8)15(21)17-7-13-19-11-5-4-10(16(22)23-3)6-12(11)20-13/h4-6H,7H2,1-3H3,(H,17,21)(H,19,20). The maximum absolute atomic E-state index is 12.1. The Hall–Kier alpha value is -3.16. The van der Waals surface area contributed by atoms with Crippen LogP contribution in [-0.2, 0) is 11.3 Å². The number of aryl methyl sites for hydroxylation is 2. The van der Waals surface area contributed by atoms with E-state index in [4.69, 9.17) is 4.42 Å². The highest BCUT2D eigenvalue weighted by Gasteiger charge is 2.16. The number of methoxy groups -OCH3 is 1. The summed E-state index contributed by atoms with van der Waals surface area (Å²) >= 11 is 0. The molecule has 0 aliphatic heterocycles. The molecule has 2 heterocycles. The van der Waals surface area contributed by atoms with Gasteiger partial charge in [-0.1, -0.05) is 0 Å². The van der Waals surface area contributed by atoms with Gasteiger partial charge in [-0.05, 0) is 25.1 Å². The number of carbonyl (C=O) groups is 2. The van der Waals surface area contributed by atoms with E-state index in [1.807, 2.05) is 0 Å². The molecule has 0 atom stereocenters. The normalized spacial score (nSPS) is 10.8. The Morgan fingerprint density at radius 1 is 1.29 bits per heavy atom. The van der Waals surface area contributed by atoms with Crippen molar-refractivity contribution in [2.24, 2.45) is 0 Å². The maximum atomic E-state index is 12.1. The van der Waals surface area contributed by atoms with Gasteiger partial charge in [-0.25, -0.2) is 14.8 Å². The Bertz CT molecular complexity index is 925. The van der Waals surface area contributed by atoms with Crippen LogP contribution in [0.2, 0.25) is 0 Å². The Kier molecular flexibility index (Phi) is 4.03. The number of esters is 1. The number of carbonyl (C=O) groups excluding carboxylic acids is 2. The lowest BCUT2D eigenvalue weighted by Gasteiger charge is -2.00. The van der Waals surface area contributed by atoms with Crippen LogP contribution in [-0.4, -0.2) is 33.9 Å². The maximum Gasteiger partial charge on any atom is 0.337 e. The third kappa shape index (κ3) is 2.98. The number of rotatable bonds is 4. The van der Waals surface area contributed by atoms with Crippen molar-refractivity contribution in [3.05, 3.63) is 46.9 Å². The van der Waals surface area contributed by atoms with Crippen LogP contribution in [0, 0.1) is 13.8 Å². The fourth-order valence-corrected chi connectivity index (χ4v) is 2.38. The molecule has 8 heteroatoms. The van der Waals surface area contributed by atoms with E-state index in [1.54, 1.807) is 32.0 Å². The van der Waals surface area contributed by atoms with Gasteiger partial charge in [0.25, 0.3) is 5.91 Å². The highest BCUT2D eigenvalue weighted by atomic mass is 16.5. The third-order valence-corrected chi connectivity index (χ3v) is 3.49. The zero-order valence-electron chi connectivity index (χ0n) is 13.5. The molecule has 0 unspecified atom stereocenters. The lowest BCUT2D eigenvalue weighted by molar-refractivity contribution is 0.0600. The predicted molar refractivity (Wildman–Crippen MR) is 84.6 cm³/mol. The molecule has 3 rings (SSSR count). The number of H-pyrrole nitrogens is 1. The van der Waals surface area contributed by atoms with Crippen molar-refractivity contribution in [1.82, 2.24) is 20.3 Å². The molecule has 0 bridgehead atoms. The van der Waals surface area contributed by atoms with Crippen molar-refractivity contribution in [3.8, 4) is 0 Å². The van der Waals surface area contributed by atoms with Gasteiger partial charge in [0.2, 0.25) is 0 Å². The van der Waals surface area contributed by atoms with Gasteiger partial charge in [0.05, 0.1) is 30.3 Å². The molecule has 1 aromatic carbocycles. The van der Waals surface area contributed by atoms with Crippen LogP contribution in [0.5, 0.6) is 0 Å². The molecular weight excluding hydrogens is 312 g/mol. The van der Waals surface area contributed by atoms with Crippen LogP contribution in [0.25, 0.3) is 11.0 Å². The molecule has 124 valence electrons. The Balaban J connectivity index is 1.74. The second kappa shape index (κ2) is 6.15. The lowest BCUT2D eigenvalue weighted by Crippen LogP contribution is -2.24. The van der Waals surface area contributed by atoms with Crippen LogP contribution in [0.4, 0.5) is 0 Å². The van der Waals surface area contributed by atoms with Crippen molar-refractivity contribution in [2.75, 3.05) is 7.11 Å². The molecule has 0 aliphatic rings. The fraction of sp³-hybridized carbons (Fsp3) is 0.250. The van der Waals surface area contributed by atoms with Crippen LogP contribution in [0.3, 0.4) is 0 Å². The van der Waals surface area contributed by atoms with E-state index in [9.17, 15) is 9.59 Å². The summed E-state index contributed by atoms with van der Waals surface area (Å²) in [4.78, 5) is 35.1. The molecule has 24 heavy (non-hydrogen) atoms. The number of aromatic amines is 1. The van der Waals surface area contributed by atoms with Crippen molar-refractivity contribution < 1.29 is 18.7 Å². The fourth-order valence-electron chi connectivity index (χ4n) is 2.38. The summed E-state index contributed by atoms with van der Waals surface area (Å²) in [5, 5.41) is 2.73. The number of nitrogens with zero attached hydrogens (tertiary/aromatic N) is 2. The summed E-state index contributed by atoms with van der Waals surface area (Å²) in [6, 6.07) is 5.01. The highest BCUT2D eigenvalue weighted by Crippen LogP contribution is 2.15. The van der Waals surface area contributed by atoms with E-state index in [1.165, 1.54) is 7.11 Å². The van der Waals surface area contributed by atoms with Crippen LogP contribution in [0.15, 0.2) is 22.6 Å². The SMILES string of the molecule is COC(=O)c1ccc2nc(CNC(=O)c3nc(C)oc3C)[nH]c2c1. The molecule has 1 amide bonds. The first-order valence-electron chi connectivity index (χ1n) is 7.27. The number of fused-ring (bicyclic) bond motifs is 1. The third-order valence-electron chi connectivity index (χ3n) is 3.49. The van der Waals surface area contributed by atoms with E-state index >= 15 is 0 Å². The molecule has 0 spiro atoms. The predicted octanol–water partition coefficient (Wildman–Crippen LogP) is 1.88. The molecule has 8 nitrogen and oxygen atoms in total. The number of hydrogen-bond acceptors (Lipinski definition) is 6. The first-order chi connectivity index (χ1) is 11.5. The zero-order valence-corrected chi connectivity index (χ0v) is 13.5. The number of nitrogens with one attached hydrogen (secondary N) is 2. The van der Waals surface area contributed by atoms with Gasteiger partial charge in [0.15, 0.2) is 11.6 Å². The molecular formula is C16H16N4O4. The monoisotopic (exact) mass is 328 g/mol. The minimum absolute atomic E-state index is 0.201. The molecule has 0 radical (unpaired) electrons. The molecule has 0 fully saturated rings. The van der Waals surface area contributed by atoms with Gasteiger partial charge in [-0.2, -0.15) is 0 Å². The number of ether oxygens (including phenoxy) is 1. The Morgan fingerprint density at radius 3 is 2.75 bits per heavy atom. The van der Waals surface area contributed by atoms with E-state index < -0.39 is 5.97 Å². The number of aromatic nitrogens is 3. The van der Waals surface area contributed by atoms with Gasteiger partial charge in [-0.3, -0.25) is 4.79 Å². The van der Waals surface area contributed by atoms with Gasteiger partial charge in [-0.15, -0.1) is 0 Å². The molecule has 0 aliphatic carbocycles. The number of oxazole rings is 1. The number of imidazole rings is 1. The number of benzene rings is 1. The van der Waals surface area contributed by atoms with E-state index in [-0.39, 0.29) is 18.1 Å². The van der Waals surface area contributed by atoms with E-state index in [0.29, 0.717) is 34.1 Å². The topological polar surface area (TPSA) is 110 Å². The summed E-state index contributed by atoms with van der Waals surface area (Å²) < 4.78 is 9.93. The highest BCUT2D eigenvalue weighted by molar-refractivity contribution is 5.94. The second-order valence-corrected chi connectivity index (χ2v) is 5.23. The van der Waals surface area contributed by atoms with Crippen molar-refractivity contribution in [1.29, 1.82) is 0 Å². The Morgan fingerprint density at radius 2 is 2.08 bits per heavy atom. The van der Waals surface area contributed by atoms with Crippen LogP contribution >= 0.6 is 0 Å². The smallest absolute Gasteiger partial charge is 0.337 e. The molecule has 0 saturated heterocycles. The largest absolute Gasteiger partial charge is 0.465 e. The molecule has 0 saturated carbocycles. The average Bonchev–Trinajstić information content (AvgIpc) is 3.13. The lowest BCUT2D eigenvalue weighted by atomic mass is 10.2.